The van der Waals surface area contributed by atoms with Gasteiger partial charge in [-0.15, -0.1) is 0 Å². The van der Waals surface area contributed by atoms with Crippen molar-refractivity contribution in [1.29, 1.82) is 0 Å². The third kappa shape index (κ3) is 1.55. The van der Waals surface area contributed by atoms with Gasteiger partial charge in [0.2, 0.25) is 0 Å². The molecular weight excluding hydrogens is 244 g/mol. The molecule has 1 unspecified atom stereocenters. The summed E-state index contributed by atoms with van der Waals surface area (Å²) in [6, 6.07) is 0. The second-order valence-electron chi connectivity index (χ2n) is 5.78. The first-order valence-electron chi connectivity index (χ1n) is 6.57. The average molecular weight is 260 g/mol. The second-order valence-corrected chi connectivity index (χ2v) is 5.78. The highest BCUT2D eigenvalue weighted by molar-refractivity contribution is 6.10. The predicted octanol–water partition coefficient (Wildman–Crippen LogP) is 1.60. The van der Waals surface area contributed by atoms with Crippen molar-refractivity contribution < 1.29 is 19.1 Å². The smallest absolute Gasteiger partial charge is 0.309 e. The molecular formula is C15H16O4. The van der Waals surface area contributed by atoms with E-state index >= 15 is 0 Å². The van der Waals surface area contributed by atoms with Crippen molar-refractivity contribution in [2.24, 2.45) is 17.8 Å². The number of ether oxygens (including phenoxy) is 1. The summed E-state index contributed by atoms with van der Waals surface area (Å²) in [5.74, 6) is -1.40. The monoisotopic (exact) mass is 260 g/mol. The van der Waals surface area contributed by atoms with Crippen LogP contribution in [0.1, 0.15) is 27.2 Å². The van der Waals surface area contributed by atoms with Gasteiger partial charge < -0.3 is 4.74 Å². The molecule has 4 nitrogen and oxygen atoms in total. The normalized spacial score (nSPS) is 37.8. The zero-order valence-corrected chi connectivity index (χ0v) is 11.2. The standard InChI is InChI=1S/C15H16O4/c1-6-4-10(17)13-8(3)15(18)19-14(13)12-7(2)5-9(16)11(6)12/h5,8,12-14H,4H2,1-3H3/t8?,12-,13-,14+/m1/s1. The Hall–Kier alpha value is -1.71. The molecule has 0 aromatic carbocycles. The molecule has 4 atom stereocenters. The van der Waals surface area contributed by atoms with E-state index in [-0.39, 0.29) is 29.9 Å². The fourth-order valence-electron chi connectivity index (χ4n) is 3.61. The van der Waals surface area contributed by atoms with Crippen molar-refractivity contribution in [3.05, 3.63) is 22.8 Å². The largest absolute Gasteiger partial charge is 0.460 e. The molecule has 0 amide bonds. The lowest BCUT2D eigenvalue weighted by Gasteiger charge is -2.23. The Labute approximate surface area is 111 Å². The molecule has 1 heterocycles. The van der Waals surface area contributed by atoms with E-state index < -0.39 is 17.9 Å². The summed E-state index contributed by atoms with van der Waals surface area (Å²) in [6.45, 7) is 5.44. The Balaban J connectivity index is 2.14. The van der Waals surface area contributed by atoms with Crippen LogP contribution in [0.25, 0.3) is 0 Å². The van der Waals surface area contributed by atoms with Crippen LogP contribution in [0, 0.1) is 17.8 Å². The molecule has 100 valence electrons. The minimum atomic E-state index is -0.495. The van der Waals surface area contributed by atoms with E-state index in [4.69, 9.17) is 4.74 Å². The topological polar surface area (TPSA) is 60.4 Å². The zero-order chi connectivity index (χ0) is 13.9. The summed E-state index contributed by atoms with van der Waals surface area (Å²) >= 11 is 0. The van der Waals surface area contributed by atoms with Gasteiger partial charge in [0.05, 0.1) is 11.8 Å². The number of esters is 1. The lowest BCUT2D eigenvalue weighted by Crippen LogP contribution is -2.32. The van der Waals surface area contributed by atoms with Crippen LogP contribution in [-0.2, 0) is 19.1 Å². The Morgan fingerprint density at radius 3 is 2.58 bits per heavy atom. The zero-order valence-electron chi connectivity index (χ0n) is 11.2. The summed E-state index contributed by atoms with van der Waals surface area (Å²) in [6.07, 6.45) is 1.36. The van der Waals surface area contributed by atoms with Crippen LogP contribution in [0.5, 0.6) is 0 Å². The Kier molecular flexibility index (Phi) is 2.52. The maximum atomic E-state index is 12.3. The predicted molar refractivity (Wildman–Crippen MR) is 67.1 cm³/mol. The van der Waals surface area contributed by atoms with Gasteiger partial charge in [0.25, 0.3) is 0 Å². The van der Waals surface area contributed by atoms with Gasteiger partial charge >= 0.3 is 5.97 Å². The van der Waals surface area contributed by atoms with Crippen molar-refractivity contribution in [1.82, 2.24) is 0 Å². The molecule has 0 aromatic heterocycles. The number of rotatable bonds is 0. The van der Waals surface area contributed by atoms with Crippen LogP contribution in [0.3, 0.4) is 0 Å². The summed E-state index contributed by atoms with van der Waals surface area (Å²) in [7, 11) is 0. The van der Waals surface area contributed by atoms with Crippen LogP contribution < -0.4 is 0 Å². The number of carbonyl (C=O) groups is 3. The fraction of sp³-hybridized carbons (Fsp3) is 0.533. The van der Waals surface area contributed by atoms with Gasteiger partial charge in [0.1, 0.15) is 11.9 Å². The number of Topliss-reactive ketones (excluding diaryl/α,β-unsaturated/α-hetero) is 1. The highest BCUT2D eigenvalue weighted by atomic mass is 16.6. The van der Waals surface area contributed by atoms with E-state index in [1.807, 2.05) is 13.8 Å². The van der Waals surface area contributed by atoms with E-state index in [1.54, 1.807) is 13.0 Å². The molecule has 2 aliphatic carbocycles. The molecule has 3 aliphatic rings. The van der Waals surface area contributed by atoms with Gasteiger partial charge in [-0.3, -0.25) is 14.4 Å². The third-order valence-corrected chi connectivity index (χ3v) is 4.54. The summed E-state index contributed by atoms with van der Waals surface area (Å²) in [5.41, 5.74) is 2.39. The number of hydrogen-bond donors (Lipinski definition) is 0. The first-order chi connectivity index (χ1) is 8.91. The third-order valence-electron chi connectivity index (χ3n) is 4.54. The molecule has 0 saturated carbocycles. The minimum absolute atomic E-state index is 0.0170. The maximum Gasteiger partial charge on any atom is 0.309 e. The molecule has 1 saturated heterocycles. The number of ketones is 2. The molecule has 1 aliphatic heterocycles. The molecule has 19 heavy (non-hydrogen) atoms. The SMILES string of the molecule is CC1=CC(=O)C2=C(C)CC(=O)[C@H]3C(C)C(=O)O[C@H]3[C@H]12. The van der Waals surface area contributed by atoms with Crippen molar-refractivity contribution >= 4 is 17.5 Å². The molecule has 0 spiro atoms. The van der Waals surface area contributed by atoms with Gasteiger partial charge in [0, 0.05) is 17.9 Å². The Morgan fingerprint density at radius 2 is 1.89 bits per heavy atom. The van der Waals surface area contributed by atoms with E-state index in [9.17, 15) is 14.4 Å². The highest BCUT2D eigenvalue weighted by Crippen LogP contribution is 2.46. The number of allylic oxidation sites excluding steroid dienone is 2. The van der Waals surface area contributed by atoms with Crippen LogP contribution in [0.4, 0.5) is 0 Å². The molecule has 4 heteroatoms. The summed E-state index contributed by atoms with van der Waals surface area (Å²) in [5, 5.41) is 0. The molecule has 3 rings (SSSR count). The van der Waals surface area contributed by atoms with Crippen LogP contribution in [0.15, 0.2) is 22.8 Å². The molecule has 0 aromatic rings. The van der Waals surface area contributed by atoms with E-state index in [0.717, 1.165) is 11.1 Å². The van der Waals surface area contributed by atoms with Crippen LogP contribution >= 0.6 is 0 Å². The molecule has 1 fully saturated rings. The van der Waals surface area contributed by atoms with Crippen molar-refractivity contribution in [3.8, 4) is 0 Å². The number of hydrogen-bond acceptors (Lipinski definition) is 4. The number of fused-ring (bicyclic) bond motifs is 3. The average Bonchev–Trinajstić information content (AvgIpc) is 2.72. The molecule has 0 bridgehead atoms. The fourth-order valence-corrected chi connectivity index (χ4v) is 3.61. The molecule has 0 N–H and O–H groups in total. The second kappa shape index (κ2) is 3.89. The van der Waals surface area contributed by atoms with Crippen molar-refractivity contribution in [2.75, 3.05) is 0 Å². The van der Waals surface area contributed by atoms with Gasteiger partial charge in [-0.2, -0.15) is 0 Å². The summed E-state index contributed by atoms with van der Waals surface area (Å²) < 4.78 is 5.42. The van der Waals surface area contributed by atoms with Gasteiger partial charge in [0.15, 0.2) is 5.78 Å². The van der Waals surface area contributed by atoms with E-state index in [2.05, 4.69) is 0 Å². The number of carbonyl (C=O) groups excluding carboxylic acids is 3. The Morgan fingerprint density at radius 1 is 1.21 bits per heavy atom. The van der Waals surface area contributed by atoms with E-state index in [0.29, 0.717) is 5.57 Å². The van der Waals surface area contributed by atoms with Gasteiger partial charge in [-0.05, 0) is 19.9 Å². The van der Waals surface area contributed by atoms with Gasteiger partial charge in [-0.1, -0.05) is 18.1 Å². The first kappa shape index (κ1) is 12.3. The quantitative estimate of drug-likeness (QED) is 0.621. The van der Waals surface area contributed by atoms with Crippen molar-refractivity contribution in [2.45, 2.75) is 33.3 Å². The van der Waals surface area contributed by atoms with Crippen LogP contribution in [0.2, 0.25) is 0 Å². The first-order valence-corrected chi connectivity index (χ1v) is 6.57. The summed E-state index contributed by atoms with van der Waals surface area (Å²) in [4.78, 5) is 36.1. The van der Waals surface area contributed by atoms with E-state index in [1.165, 1.54) is 0 Å². The van der Waals surface area contributed by atoms with Crippen molar-refractivity contribution in [3.63, 3.8) is 0 Å². The van der Waals surface area contributed by atoms with Crippen LogP contribution in [-0.4, -0.2) is 23.6 Å². The minimum Gasteiger partial charge on any atom is -0.460 e. The lowest BCUT2D eigenvalue weighted by molar-refractivity contribution is -0.144. The van der Waals surface area contributed by atoms with Gasteiger partial charge in [-0.25, -0.2) is 0 Å². The lowest BCUT2D eigenvalue weighted by atomic mass is 9.80. The molecule has 0 radical (unpaired) electrons. The highest BCUT2D eigenvalue weighted by Gasteiger charge is 2.53. The maximum absolute atomic E-state index is 12.3. The Bertz CT molecular complexity index is 567.